The van der Waals surface area contributed by atoms with E-state index in [4.69, 9.17) is 9.15 Å². The van der Waals surface area contributed by atoms with Crippen LogP contribution in [0.5, 0.6) is 5.75 Å². The largest absolute Gasteiger partial charge is 0.487 e. The molecule has 0 radical (unpaired) electrons. The van der Waals surface area contributed by atoms with E-state index >= 15 is 0 Å². The summed E-state index contributed by atoms with van der Waals surface area (Å²) in [5.41, 5.74) is 3.28. The molecular weight excluding hydrogens is 395 g/mol. The van der Waals surface area contributed by atoms with Gasteiger partial charge in [-0.1, -0.05) is 29.5 Å². The van der Waals surface area contributed by atoms with E-state index in [2.05, 4.69) is 27.4 Å². The van der Waals surface area contributed by atoms with Gasteiger partial charge in [0.25, 0.3) is 0 Å². The van der Waals surface area contributed by atoms with Gasteiger partial charge in [0, 0.05) is 24.4 Å². The molecule has 2 aromatic heterocycles. The van der Waals surface area contributed by atoms with E-state index in [0.29, 0.717) is 23.8 Å². The molecule has 0 spiro atoms. The number of hydrogen-bond donors (Lipinski definition) is 0. The molecule has 0 fully saturated rings. The molecule has 6 nitrogen and oxygen atoms in total. The van der Waals surface area contributed by atoms with E-state index in [9.17, 15) is 4.39 Å². The Bertz CT molecular complexity index is 1130. The quantitative estimate of drug-likeness (QED) is 0.379. The molecule has 0 saturated carbocycles. The van der Waals surface area contributed by atoms with E-state index in [-0.39, 0.29) is 5.82 Å². The Morgan fingerprint density at radius 1 is 1.13 bits per heavy atom. The lowest BCUT2D eigenvalue weighted by Crippen LogP contribution is -2.00. The predicted octanol–water partition coefficient (Wildman–Crippen LogP) is 5.10. The number of aryl methyl sites for hydroxylation is 3. The predicted molar refractivity (Wildman–Crippen MR) is 116 cm³/mol. The summed E-state index contributed by atoms with van der Waals surface area (Å²) in [7, 11) is 0. The van der Waals surface area contributed by atoms with Gasteiger partial charge in [0.1, 0.15) is 30.1 Å². The first-order valence-corrected chi connectivity index (χ1v) is 10.1. The van der Waals surface area contributed by atoms with Gasteiger partial charge in [-0.05, 0) is 55.2 Å². The van der Waals surface area contributed by atoms with Crippen LogP contribution >= 0.6 is 0 Å². The summed E-state index contributed by atoms with van der Waals surface area (Å²) in [6, 6.07) is 13.1. The fourth-order valence-corrected chi connectivity index (χ4v) is 3.10. The summed E-state index contributed by atoms with van der Waals surface area (Å²) in [5.74, 6) is 0.899. The van der Waals surface area contributed by atoms with Gasteiger partial charge in [0.05, 0.1) is 6.20 Å². The Balaban J connectivity index is 1.25. The molecule has 0 amide bonds. The van der Waals surface area contributed by atoms with E-state index in [1.807, 2.05) is 36.0 Å². The Kier molecular flexibility index (Phi) is 6.52. The number of rotatable bonds is 9. The number of nitrogens with zero attached hydrogens (tertiary/aromatic N) is 4. The molecular formula is C24H23FN4O2. The molecule has 7 heteroatoms. The SMILES string of the molecule is Cc1ccc(/C=C/c2nc(COc3ccc(CCCn4ccnn4)cc3)co2)c(F)c1. The lowest BCUT2D eigenvalue weighted by molar-refractivity contribution is 0.301. The Morgan fingerprint density at radius 3 is 2.77 bits per heavy atom. The smallest absolute Gasteiger partial charge is 0.218 e. The Hall–Kier alpha value is -3.74. The summed E-state index contributed by atoms with van der Waals surface area (Å²) in [6.45, 7) is 2.99. The highest BCUT2D eigenvalue weighted by Gasteiger charge is 2.04. The van der Waals surface area contributed by atoms with Crippen molar-refractivity contribution < 1.29 is 13.5 Å². The number of oxazole rings is 1. The number of benzene rings is 2. The summed E-state index contributed by atoms with van der Waals surface area (Å²) in [5, 5.41) is 7.77. The fraction of sp³-hybridized carbons (Fsp3) is 0.208. The minimum absolute atomic E-state index is 0.270. The monoisotopic (exact) mass is 418 g/mol. The maximum absolute atomic E-state index is 13.9. The van der Waals surface area contributed by atoms with Gasteiger partial charge in [0.2, 0.25) is 5.89 Å². The van der Waals surface area contributed by atoms with Crippen LogP contribution in [0.1, 0.15) is 34.7 Å². The third kappa shape index (κ3) is 5.88. The van der Waals surface area contributed by atoms with Crippen LogP contribution in [-0.2, 0) is 19.6 Å². The maximum Gasteiger partial charge on any atom is 0.218 e. The van der Waals surface area contributed by atoms with Gasteiger partial charge in [-0.15, -0.1) is 5.10 Å². The molecule has 0 aliphatic carbocycles. The first-order valence-electron chi connectivity index (χ1n) is 10.1. The topological polar surface area (TPSA) is 66.0 Å². The first-order chi connectivity index (χ1) is 15.2. The van der Waals surface area contributed by atoms with Crippen LogP contribution in [0.3, 0.4) is 0 Å². The maximum atomic E-state index is 13.9. The van der Waals surface area contributed by atoms with Gasteiger partial charge in [0.15, 0.2) is 0 Å². The van der Waals surface area contributed by atoms with Crippen LogP contribution in [0, 0.1) is 12.7 Å². The number of halogens is 1. The van der Waals surface area contributed by atoms with Gasteiger partial charge in [-0.3, -0.25) is 4.68 Å². The van der Waals surface area contributed by atoms with Crippen molar-refractivity contribution in [3.8, 4) is 5.75 Å². The molecule has 158 valence electrons. The molecule has 31 heavy (non-hydrogen) atoms. The molecule has 4 rings (SSSR count). The van der Waals surface area contributed by atoms with E-state index in [1.54, 1.807) is 30.7 Å². The molecule has 2 aromatic carbocycles. The average molecular weight is 418 g/mol. The average Bonchev–Trinajstić information content (AvgIpc) is 3.45. The van der Waals surface area contributed by atoms with Crippen LogP contribution in [0.25, 0.3) is 12.2 Å². The molecule has 4 aromatic rings. The van der Waals surface area contributed by atoms with Crippen LogP contribution in [0.2, 0.25) is 0 Å². The number of ether oxygens (including phenoxy) is 1. The van der Waals surface area contributed by atoms with Gasteiger partial charge < -0.3 is 9.15 Å². The standard InChI is InChI=1S/C24H23FN4O2/c1-18-4-7-20(23(25)15-18)8-11-24-27-21(17-31-24)16-30-22-9-5-19(6-10-22)3-2-13-29-14-12-26-28-29/h4-12,14-15,17H,2-3,13,16H2,1H3/b11-8+. The van der Waals surface area contributed by atoms with Crippen molar-refractivity contribution in [2.75, 3.05) is 0 Å². The zero-order valence-electron chi connectivity index (χ0n) is 17.2. The van der Waals surface area contributed by atoms with Gasteiger partial charge >= 0.3 is 0 Å². The van der Waals surface area contributed by atoms with Crippen LogP contribution < -0.4 is 4.74 Å². The highest BCUT2D eigenvalue weighted by Crippen LogP contribution is 2.17. The van der Waals surface area contributed by atoms with Crippen LogP contribution in [0.4, 0.5) is 4.39 Å². The Labute approximate surface area is 180 Å². The third-order valence-electron chi connectivity index (χ3n) is 4.77. The molecule has 2 heterocycles. The van der Waals surface area contributed by atoms with Gasteiger partial charge in [-0.25, -0.2) is 9.37 Å². The van der Waals surface area contributed by atoms with E-state index in [0.717, 1.165) is 30.7 Å². The summed E-state index contributed by atoms with van der Waals surface area (Å²) in [4.78, 5) is 4.36. The number of hydrogen-bond acceptors (Lipinski definition) is 5. The van der Waals surface area contributed by atoms with Crippen molar-refractivity contribution in [1.82, 2.24) is 20.0 Å². The highest BCUT2D eigenvalue weighted by molar-refractivity contribution is 5.66. The molecule has 0 unspecified atom stereocenters. The highest BCUT2D eigenvalue weighted by atomic mass is 19.1. The summed E-state index contributed by atoms with van der Waals surface area (Å²) in [6.07, 6.45) is 10.3. The van der Waals surface area contributed by atoms with Crippen molar-refractivity contribution in [1.29, 1.82) is 0 Å². The molecule has 0 atom stereocenters. The lowest BCUT2D eigenvalue weighted by Gasteiger charge is -2.06. The minimum Gasteiger partial charge on any atom is -0.487 e. The molecule has 0 N–H and O–H groups in total. The zero-order chi connectivity index (χ0) is 21.5. The first kappa shape index (κ1) is 20.5. The summed E-state index contributed by atoms with van der Waals surface area (Å²) < 4.78 is 26.9. The van der Waals surface area contributed by atoms with Crippen molar-refractivity contribution >= 4 is 12.2 Å². The van der Waals surface area contributed by atoms with Crippen molar-refractivity contribution in [2.24, 2.45) is 0 Å². The second kappa shape index (κ2) is 9.84. The minimum atomic E-state index is -0.270. The fourth-order valence-electron chi connectivity index (χ4n) is 3.10. The lowest BCUT2D eigenvalue weighted by atomic mass is 10.1. The summed E-state index contributed by atoms with van der Waals surface area (Å²) >= 11 is 0. The molecule has 0 aliphatic heterocycles. The Morgan fingerprint density at radius 2 is 2.00 bits per heavy atom. The van der Waals surface area contributed by atoms with Crippen molar-refractivity contribution in [2.45, 2.75) is 32.9 Å². The van der Waals surface area contributed by atoms with Gasteiger partial charge in [-0.2, -0.15) is 0 Å². The second-order valence-electron chi connectivity index (χ2n) is 7.24. The zero-order valence-corrected chi connectivity index (χ0v) is 17.2. The van der Waals surface area contributed by atoms with E-state index < -0.39 is 0 Å². The molecule has 0 aliphatic rings. The van der Waals surface area contributed by atoms with Crippen LogP contribution in [-0.4, -0.2) is 20.0 Å². The van der Waals surface area contributed by atoms with Crippen molar-refractivity contribution in [3.63, 3.8) is 0 Å². The number of aromatic nitrogens is 4. The second-order valence-corrected chi connectivity index (χ2v) is 7.24. The molecule has 0 saturated heterocycles. The third-order valence-corrected chi connectivity index (χ3v) is 4.77. The van der Waals surface area contributed by atoms with Crippen molar-refractivity contribution in [3.05, 3.63) is 95.2 Å². The molecule has 0 bridgehead atoms. The van der Waals surface area contributed by atoms with E-state index in [1.165, 1.54) is 11.6 Å². The normalized spacial score (nSPS) is 11.3. The van der Waals surface area contributed by atoms with Crippen LogP contribution in [0.15, 0.2) is 65.5 Å².